The molecule has 15 nitrogen and oxygen atoms in total. The lowest BCUT2D eigenvalue weighted by Crippen LogP contribution is -2.54. The van der Waals surface area contributed by atoms with Gasteiger partial charge in [0, 0.05) is 69.4 Å². The van der Waals surface area contributed by atoms with Crippen molar-refractivity contribution >= 4 is 58.0 Å². The number of hydrogen-bond acceptors (Lipinski definition) is 11. The van der Waals surface area contributed by atoms with Crippen LogP contribution < -0.4 is 15.5 Å². The summed E-state index contributed by atoms with van der Waals surface area (Å²) in [7, 11) is 5.43. The van der Waals surface area contributed by atoms with Crippen molar-refractivity contribution in [2.75, 3.05) is 44.4 Å². The molecule has 1 atom stereocenters. The van der Waals surface area contributed by atoms with E-state index in [4.69, 9.17) is 4.98 Å². The van der Waals surface area contributed by atoms with Gasteiger partial charge in [-0.3, -0.25) is 39.1 Å². The Morgan fingerprint density at radius 2 is 1.65 bits per heavy atom. The highest BCUT2D eigenvalue weighted by molar-refractivity contribution is 6.23. The summed E-state index contributed by atoms with van der Waals surface area (Å²) >= 11 is 0. The molecule has 0 radical (unpaired) electrons. The van der Waals surface area contributed by atoms with Crippen LogP contribution in [0.15, 0.2) is 42.7 Å². The average molecular weight is 751 g/mol. The Kier molecular flexibility index (Phi) is 9.53. The van der Waals surface area contributed by atoms with Gasteiger partial charge in [0.2, 0.25) is 17.8 Å². The number of imide groups is 2. The first-order valence-electron chi connectivity index (χ1n) is 18.8. The molecule has 1 saturated carbocycles. The molecule has 16 heteroatoms. The minimum absolute atomic E-state index is 0.0126. The molecule has 3 aliphatic heterocycles. The summed E-state index contributed by atoms with van der Waals surface area (Å²) in [5, 5.41) is 6.22. The maximum atomic E-state index is 15.4. The van der Waals surface area contributed by atoms with Crippen molar-refractivity contribution in [3.63, 3.8) is 0 Å². The molecule has 2 N–H and O–H groups in total. The fraction of sp³-hybridized carbons (Fsp3) is 0.436. The maximum absolute atomic E-state index is 15.4. The Morgan fingerprint density at radius 3 is 2.33 bits per heavy atom. The number of nitrogens with zero attached hydrogens (tertiary/aromatic N) is 8. The van der Waals surface area contributed by atoms with Crippen LogP contribution in [0.4, 0.5) is 21.8 Å². The van der Waals surface area contributed by atoms with Crippen LogP contribution in [0.1, 0.15) is 94.2 Å². The number of pyridine rings is 1. The first-order valence-corrected chi connectivity index (χ1v) is 18.8. The first-order chi connectivity index (χ1) is 26.5. The van der Waals surface area contributed by atoms with E-state index in [0.29, 0.717) is 23.0 Å². The number of nitrogens with one attached hydrogen (secondary N) is 2. The number of anilines is 3. The predicted octanol–water partition coefficient (Wildman–Crippen LogP) is 4.03. The van der Waals surface area contributed by atoms with Crippen LogP contribution >= 0.6 is 0 Å². The Bertz CT molecular complexity index is 2210. The number of hydrogen-bond donors (Lipinski definition) is 2. The summed E-state index contributed by atoms with van der Waals surface area (Å²) in [5.74, 6) is -2.20. The van der Waals surface area contributed by atoms with Crippen LogP contribution in [0.3, 0.4) is 0 Å². The van der Waals surface area contributed by atoms with Crippen LogP contribution in [-0.4, -0.2) is 110 Å². The van der Waals surface area contributed by atoms with Crippen molar-refractivity contribution < 1.29 is 28.4 Å². The van der Waals surface area contributed by atoms with Gasteiger partial charge >= 0.3 is 0 Å². The highest BCUT2D eigenvalue weighted by Gasteiger charge is 2.45. The zero-order valence-corrected chi connectivity index (χ0v) is 31.0. The molecule has 2 saturated heterocycles. The smallest absolute Gasteiger partial charge is 0.270 e. The van der Waals surface area contributed by atoms with Crippen molar-refractivity contribution in [1.29, 1.82) is 0 Å². The number of carbonyl (C=O) groups excluding carboxylic acids is 5. The predicted molar refractivity (Wildman–Crippen MR) is 200 cm³/mol. The molecule has 0 bridgehead atoms. The van der Waals surface area contributed by atoms with Crippen molar-refractivity contribution in [3.05, 3.63) is 70.9 Å². The number of fused-ring (bicyclic) bond motifs is 2. The lowest BCUT2D eigenvalue weighted by Gasteiger charge is -2.37. The van der Waals surface area contributed by atoms with Crippen molar-refractivity contribution in [2.24, 2.45) is 0 Å². The molecule has 286 valence electrons. The second-order valence-electron chi connectivity index (χ2n) is 15.1. The van der Waals surface area contributed by atoms with Gasteiger partial charge in [-0.15, -0.1) is 0 Å². The number of halogens is 1. The van der Waals surface area contributed by atoms with Gasteiger partial charge in [-0.05, 0) is 69.5 Å². The standard InChI is InChI=1S/C39H43FN10O5/c1-46(2)38(55)31-17-22-19-42-39(45-34(22)49(31)25-6-4-5-7-25)43-32-10-8-26(20-41-32)48-14-12-24(13-15-48)47(3)21-23-16-27-28(18-29(23)40)37(54)50(36(27)53)30-9-11-33(51)44-35(30)52/h8,10,16-20,24-25,30H,4-7,9,11-15,21H2,1-3H3,(H,44,51,52)(H,41,42,43,45). The van der Waals surface area contributed by atoms with E-state index >= 15 is 4.39 Å². The largest absolute Gasteiger partial charge is 0.370 e. The third-order valence-corrected chi connectivity index (χ3v) is 11.4. The van der Waals surface area contributed by atoms with Gasteiger partial charge < -0.3 is 19.7 Å². The van der Waals surface area contributed by atoms with E-state index in [9.17, 15) is 24.0 Å². The Hall–Kier alpha value is -5.77. The molecule has 0 spiro atoms. The van der Waals surface area contributed by atoms with E-state index < -0.39 is 35.5 Å². The summed E-state index contributed by atoms with van der Waals surface area (Å²) in [6.07, 6.45) is 9.51. The van der Waals surface area contributed by atoms with Gasteiger partial charge in [0.25, 0.3) is 17.7 Å². The van der Waals surface area contributed by atoms with Gasteiger partial charge in [-0.1, -0.05) is 12.8 Å². The van der Waals surface area contributed by atoms with Crippen LogP contribution in [0, 0.1) is 5.82 Å². The van der Waals surface area contributed by atoms with E-state index in [1.54, 1.807) is 25.2 Å². The molecule has 4 aliphatic rings. The van der Waals surface area contributed by atoms with Gasteiger partial charge in [-0.2, -0.15) is 4.98 Å². The van der Waals surface area contributed by atoms with Crippen molar-refractivity contribution in [3.8, 4) is 0 Å². The molecule has 1 aliphatic carbocycles. The summed E-state index contributed by atoms with van der Waals surface area (Å²) in [6, 6.07) is 7.55. The lowest BCUT2D eigenvalue weighted by atomic mass is 10.0. The number of rotatable bonds is 9. The highest BCUT2D eigenvalue weighted by atomic mass is 19.1. The molecule has 4 aromatic rings. The third kappa shape index (κ3) is 6.79. The summed E-state index contributed by atoms with van der Waals surface area (Å²) in [4.78, 5) is 84.2. The molecule has 5 amide bonds. The number of amides is 5. The van der Waals surface area contributed by atoms with E-state index in [1.807, 2.05) is 31.4 Å². The molecular weight excluding hydrogens is 707 g/mol. The lowest BCUT2D eigenvalue weighted by molar-refractivity contribution is -0.136. The molecule has 55 heavy (non-hydrogen) atoms. The van der Waals surface area contributed by atoms with Crippen molar-refractivity contribution in [1.82, 2.24) is 39.5 Å². The van der Waals surface area contributed by atoms with Gasteiger partial charge in [-0.25, -0.2) is 14.4 Å². The van der Waals surface area contributed by atoms with E-state index in [1.165, 1.54) is 6.07 Å². The molecule has 3 aromatic heterocycles. The fourth-order valence-corrected chi connectivity index (χ4v) is 8.37. The molecule has 8 rings (SSSR count). The summed E-state index contributed by atoms with van der Waals surface area (Å²) in [6.45, 7) is 1.75. The number of piperidine rings is 2. The topological polar surface area (TPSA) is 166 Å². The average Bonchev–Trinajstić information content (AvgIpc) is 3.89. The van der Waals surface area contributed by atoms with Gasteiger partial charge in [0.05, 0.1) is 23.0 Å². The summed E-state index contributed by atoms with van der Waals surface area (Å²) < 4.78 is 17.4. The number of aromatic nitrogens is 4. The fourth-order valence-electron chi connectivity index (χ4n) is 8.37. The van der Waals surface area contributed by atoms with Crippen LogP contribution in [0.25, 0.3) is 11.0 Å². The normalized spacial score (nSPS) is 19.5. The minimum Gasteiger partial charge on any atom is -0.370 e. The minimum atomic E-state index is -1.10. The van der Waals surface area contributed by atoms with Gasteiger partial charge in [0.15, 0.2) is 0 Å². The number of benzene rings is 1. The zero-order valence-electron chi connectivity index (χ0n) is 31.0. The molecule has 3 fully saturated rings. The molecular formula is C39H43FN10O5. The maximum Gasteiger partial charge on any atom is 0.270 e. The van der Waals surface area contributed by atoms with Crippen LogP contribution in [0.2, 0.25) is 0 Å². The Morgan fingerprint density at radius 1 is 0.927 bits per heavy atom. The first kappa shape index (κ1) is 36.2. The molecule has 1 unspecified atom stereocenters. The SMILES string of the molecule is CN(C)C(=O)c1cc2cnc(Nc3ccc(N4CCC(N(C)Cc5cc6c(cc5F)C(=O)N(C5CCC(=O)NC5=O)C6=O)CC4)cn3)nc2n1C1CCCC1. The number of carbonyl (C=O) groups is 5. The van der Waals surface area contributed by atoms with Gasteiger partial charge in [0.1, 0.15) is 29.0 Å². The highest BCUT2D eigenvalue weighted by Crippen LogP contribution is 2.35. The Balaban J connectivity index is 0.889. The second-order valence-corrected chi connectivity index (χ2v) is 15.1. The van der Waals surface area contributed by atoms with Crippen LogP contribution in [0.5, 0.6) is 0 Å². The third-order valence-electron chi connectivity index (χ3n) is 11.4. The zero-order chi connectivity index (χ0) is 38.5. The molecule has 1 aromatic carbocycles. The van der Waals surface area contributed by atoms with E-state index in [0.717, 1.165) is 79.3 Å². The second kappa shape index (κ2) is 14.5. The van der Waals surface area contributed by atoms with Crippen molar-refractivity contribution in [2.45, 2.75) is 76.0 Å². The van der Waals surface area contributed by atoms with E-state index in [2.05, 4.69) is 35.0 Å². The van der Waals surface area contributed by atoms with Crippen LogP contribution in [-0.2, 0) is 16.1 Å². The Labute approximate surface area is 316 Å². The quantitative estimate of drug-likeness (QED) is 0.237. The summed E-state index contributed by atoms with van der Waals surface area (Å²) in [5.41, 5.74) is 2.62. The monoisotopic (exact) mass is 750 g/mol. The molecule has 6 heterocycles. The van der Waals surface area contributed by atoms with E-state index in [-0.39, 0.29) is 48.5 Å².